The standard InChI is InChI=1S/C16H31NO6Si/c1-23-24-11-9-7-5-3-2-4-6-8-10-14(18)17(12-15(19)20)13-16(21)22/h2-13,24H2,1H3,(H,19,20)(H,21,22). The Bertz CT molecular complexity index is 362. The van der Waals surface area contributed by atoms with Gasteiger partial charge in [0.25, 0.3) is 0 Å². The summed E-state index contributed by atoms with van der Waals surface area (Å²) in [6, 6.07) is 1.25. The molecule has 0 heterocycles. The number of carbonyl (C=O) groups excluding carboxylic acids is 1. The van der Waals surface area contributed by atoms with Crippen LogP contribution in [-0.2, 0) is 18.8 Å². The molecule has 0 spiro atoms. The topological polar surface area (TPSA) is 104 Å². The summed E-state index contributed by atoms with van der Waals surface area (Å²) in [5.74, 6) is -2.79. The van der Waals surface area contributed by atoms with Gasteiger partial charge in [-0.1, -0.05) is 44.9 Å². The molecule has 1 amide bonds. The summed E-state index contributed by atoms with van der Waals surface area (Å²) in [6.07, 6.45) is 8.95. The summed E-state index contributed by atoms with van der Waals surface area (Å²) in [4.78, 5) is 34.1. The number of amides is 1. The Labute approximate surface area is 146 Å². The van der Waals surface area contributed by atoms with Gasteiger partial charge in [-0.3, -0.25) is 14.4 Å². The maximum absolute atomic E-state index is 11.9. The van der Waals surface area contributed by atoms with Crippen LogP contribution in [-0.4, -0.2) is 62.9 Å². The Kier molecular flexibility index (Phi) is 14.2. The van der Waals surface area contributed by atoms with Crippen LogP contribution in [0.2, 0.25) is 6.04 Å². The zero-order valence-corrected chi connectivity index (χ0v) is 16.1. The first-order valence-electron chi connectivity index (χ1n) is 8.67. The van der Waals surface area contributed by atoms with Gasteiger partial charge in [-0.05, 0) is 12.5 Å². The zero-order chi connectivity index (χ0) is 18.2. The van der Waals surface area contributed by atoms with Crippen LogP contribution in [0, 0.1) is 0 Å². The van der Waals surface area contributed by atoms with Gasteiger partial charge in [-0.25, -0.2) is 0 Å². The molecule has 0 rings (SSSR count). The Balaban J connectivity index is 3.65. The molecule has 0 saturated heterocycles. The van der Waals surface area contributed by atoms with Gasteiger partial charge < -0.3 is 19.5 Å². The minimum absolute atomic E-state index is 0.211. The van der Waals surface area contributed by atoms with E-state index in [1.165, 1.54) is 31.7 Å². The van der Waals surface area contributed by atoms with Crippen LogP contribution >= 0.6 is 0 Å². The summed E-state index contributed by atoms with van der Waals surface area (Å²) in [5, 5.41) is 17.4. The first kappa shape index (κ1) is 22.6. The molecule has 8 heteroatoms. The summed E-state index contributed by atoms with van der Waals surface area (Å²) < 4.78 is 5.14. The van der Waals surface area contributed by atoms with Crippen molar-refractivity contribution in [2.24, 2.45) is 0 Å². The number of carboxylic acids is 2. The average molecular weight is 362 g/mol. The van der Waals surface area contributed by atoms with Gasteiger partial charge in [0.15, 0.2) is 9.76 Å². The highest BCUT2D eigenvalue weighted by Gasteiger charge is 2.18. The average Bonchev–Trinajstić information content (AvgIpc) is 2.50. The normalized spacial score (nSPS) is 11.0. The van der Waals surface area contributed by atoms with Gasteiger partial charge in [0.2, 0.25) is 5.91 Å². The monoisotopic (exact) mass is 361 g/mol. The molecule has 0 aliphatic rings. The van der Waals surface area contributed by atoms with E-state index in [2.05, 4.69) is 0 Å². The second kappa shape index (κ2) is 15.1. The van der Waals surface area contributed by atoms with E-state index in [9.17, 15) is 14.4 Å². The summed E-state index contributed by atoms with van der Waals surface area (Å²) in [5.41, 5.74) is 0. The smallest absolute Gasteiger partial charge is 0.323 e. The molecule has 140 valence electrons. The summed E-state index contributed by atoms with van der Waals surface area (Å²) >= 11 is 0. The van der Waals surface area contributed by atoms with Crippen LogP contribution in [0.15, 0.2) is 0 Å². The lowest BCUT2D eigenvalue weighted by Gasteiger charge is -2.18. The summed E-state index contributed by atoms with van der Waals surface area (Å²) in [7, 11) is 1.51. The molecule has 0 aliphatic carbocycles. The van der Waals surface area contributed by atoms with Crippen LogP contribution in [0.4, 0.5) is 0 Å². The number of nitrogens with zero attached hydrogens (tertiary/aromatic N) is 1. The lowest BCUT2D eigenvalue weighted by molar-refractivity contribution is -0.149. The molecule has 0 saturated carbocycles. The van der Waals surface area contributed by atoms with Crippen molar-refractivity contribution in [1.82, 2.24) is 4.90 Å². The first-order chi connectivity index (χ1) is 11.5. The molecule has 2 N–H and O–H groups in total. The number of carbonyl (C=O) groups is 3. The molecule has 7 nitrogen and oxygen atoms in total. The molecule has 0 aromatic rings. The number of aliphatic carboxylic acids is 2. The van der Waals surface area contributed by atoms with Crippen molar-refractivity contribution >= 4 is 27.6 Å². The van der Waals surface area contributed by atoms with E-state index in [0.717, 1.165) is 24.2 Å². The van der Waals surface area contributed by atoms with E-state index in [4.69, 9.17) is 14.6 Å². The first-order valence-corrected chi connectivity index (χ1v) is 10.3. The highest BCUT2D eigenvalue weighted by atomic mass is 28.2. The van der Waals surface area contributed by atoms with Crippen molar-refractivity contribution in [3.05, 3.63) is 0 Å². The van der Waals surface area contributed by atoms with E-state index in [0.29, 0.717) is 6.42 Å². The maximum Gasteiger partial charge on any atom is 0.323 e. The van der Waals surface area contributed by atoms with Gasteiger partial charge in [0, 0.05) is 13.5 Å². The van der Waals surface area contributed by atoms with E-state index < -0.39 is 30.9 Å². The van der Waals surface area contributed by atoms with Crippen molar-refractivity contribution in [3.63, 3.8) is 0 Å². The van der Waals surface area contributed by atoms with Gasteiger partial charge in [0.1, 0.15) is 13.1 Å². The van der Waals surface area contributed by atoms with Crippen LogP contribution in [0.5, 0.6) is 0 Å². The zero-order valence-electron chi connectivity index (χ0n) is 14.7. The lowest BCUT2D eigenvalue weighted by atomic mass is 10.1. The number of carboxylic acid groups (broad SMARTS) is 2. The van der Waals surface area contributed by atoms with Crippen molar-refractivity contribution < 1.29 is 29.0 Å². The second-order valence-corrected chi connectivity index (χ2v) is 7.65. The van der Waals surface area contributed by atoms with E-state index in [1.54, 1.807) is 7.11 Å². The molecule has 0 aromatic heterocycles. The van der Waals surface area contributed by atoms with Gasteiger partial charge in [0.05, 0.1) is 0 Å². The molecule has 0 aliphatic heterocycles. The van der Waals surface area contributed by atoms with Gasteiger partial charge in [-0.15, -0.1) is 0 Å². The number of hydrogen-bond donors (Lipinski definition) is 2. The highest BCUT2D eigenvalue weighted by molar-refractivity contribution is 6.26. The van der Waals surface area contributed by atoms with Crippen molar-refractivity contribution in [2.45, 2.75) is 63.8 Å². The molecule has 0 aromatic carbocycles. The number of unbranched alkanes of at least 4 members (excludes halogenated alkanes) is 7. The third-order valence-electron chi connectivity index (χ3n) is 3.74. The van der Waals surface area contributed by atoms with Gasteiger partial charge in [-0.2, -0.15) is 0 Å². The predicted molar refractivity (Wildman–Crippen MR) is 93.8 cm³/mol. The minimum atomic E-state index is -1.20. The van der Waals surface area contributed by atoms with Crippen LogP contribution < -0.4 is 0 Å². The van der Waals surface area contributed by atoms with Crippen molar-refractivity contribution in [2.75, 3.05) is 20.2 Å². The Morgan fingerprint density at radius 3 is 1.75 bits per heavy atom. The molecule has 0 radical (unpaired) electrons. The molecule has 0 atom stereocenters. The lowest BCUT2D eigenvalue weighted by Crippen LogP contribution is -2.39. The van der Waals surface area contributed by atoms with Crippen LogP contribution in [0.25, 0.3) is 0 Å². The van der Waals surface area contributed by atoms with Crippen LogP contribution in [0.3, 0.4) is 0 Å². The Morgan fingerprint density at radius 2 is 1.29 bits per heavy atom. The maximum atomic E-state index is 11.9. The van der Waals surface area contributed by atoms with Gasteiger partial charge >= 0.3 is 11.9 Å². The minimum Gasteiger partial charge on any atom is -0.480 e. The largest absolute Gasteiger partial charge is 0.480 e. The van der Waals surface area contributed by atoms with Crippen molar-refractivity contribution in [1.29, 1.82) is 0 Å². The fourth-order valence-electron chi connectivity index (χ4n) is 2.48. The van der Waals surface area contributed by atoms with E-state index in [1.807, 2.05) is 0 Å². The highest BCUT2D eigenvalue weighted by Crippen LogP contribution is 2.11. The fraction of sp³-hybridized carbons (Fsp3) is 0.812. The van der Waals surface area contributed by atoms with Crippen molar-refractivity contribution in [3.8, 4) is 0 Å². The quantitative estimate of drug-likeness (QED) is 0.320. The molecular formula is C16H31NO6Si. The Hall–Kier alpha value is -1.41. The molecule has 0 bridgehead atoms. The molecule has 24 heavy (non-hydrogen) atoms. The molecular weight excluding hydrogens is 330 g/mol. The summed E-state index contributed by atoms with van der Waals surface area (Å²) in [6.45, 7) is -1.12. The molecule has 0 fully saturated rings. The fourth-order valence-corrected chi connectivity index (χ4v) is 3.32. The third-order valence-corrected chi connectivity index (χ3v) is 4.94. The van der Waals surface area contributed by atoms with E-state index >= 15 is 0 Å². The number of rotatable bonds is 16. The Morgan fingerprint density at radius 1 is 0.833 bits per heavy atom. The second-order valence-electron chi connectivity index (χ2n) is 5.96. The molecule has 0 unspecified atom stereocenters. The SMILES string of the molecule is CO[SiH2]CCCCCCCCCCC(=O)N(CC(=O)O)CC(=O)O. The third kappa shape index (κ3) is 14.2. The van der Waals surface area contributed by atoms with Crippen LogP contribution in [0.1, 0.15) is 57.8 Å². The predicted octanol–water partition coefficient (Wildman–Crippen LogP) is 1.64. The van der Waals surface area contributed by atoms with E-state index in [-0.39, 0.29) is 16.2 Å². The number of hydrogen-bond acceptors (Lipinski definition) is 4.